The van der Waals surface area contributed by atoms with Crippen LogP contribution in [-0.2, 0) is 54.3 Å². The molecule has 1 aromatic rings. The normalized spacial score (nSPS) is 36.8. The van der Waals surface area contributed by atoms with Crippen molar-refractivity contribution in [3.63, 3.8) is 0 Å². The van der Waals surface area contributed by atoms with Gasteiger partial charge >= 0.3 is 5.97 Å². The van der Waals surface area contributed by atoms with Crippen molar-refractivity contribution in [2.75, 3.05) is 20.8 Å². The Kier molecular flexibility index (Phi) is 22.6. The number of ketones is 3. The summed E-state index contributed by atoms with van der Waals surface area (Å²) in [4.78, 5) is 83.7. The highest BCUT2D eigenvalue weighted by molar-refractivity contribution is 6.39. The standard InChI is InChI=1S/C57H82N2O15/c1-34-16-11-10-12-17-35(2)48(72-33-42-18-15-19-43(29-42)59(68)69)31-44-23-21-40(7)57(67,74-44)54(64)55(65)58-25-14-13-20-45(58)56(66)73-49(37(4)28-41-22-24-46(60)50(30-41)70-8)32-47(61)36(3)27-39(6)52(63)53(71-9)51(62)38(5)26-34/h10-12,15-19,27,29,34,36-38,40-41,44-46,48-50,52-53,60,63,67H,13-14,20-26,28,30-33H2,1-9H3/b12-10+,16-11+,35-17+,39-27+/t34-,36-,37-,38-,40-,41+,44+,45+,46-,48-,49+,50-,52-,53+,57-/m1/s1. The lowest BCUT2D eigenvalue weighted by Crippen LogP contribution is -2.61. The van der Waals surface area contributed by atoms with Crippen LogP contribution < -0.4 is 0 Å². The van der Waals surface area contributed by atoms with Crippen LogP contribution in [-0.4, -0.2) is 130 Å². The maximum atomic E-state index is 14.5. The predicted molar refractivity (Wildman–Crippen MR) is 276 cm³/mol. The van der Waals surface area contributed by atoms with Gasteiger partial charge in [0.1, 0.15) is 30.1 Å². The summed E-state index contributed by atoms with van der Waals surface area (Å²) in [5.41, 5.74) is 1.57. The van der Waals surface area contributed by atoms with Crippen molar-refractivity contribution < 1.29 is 67.9 Å². The van der Waals surface area contributed by atoms with Gasteiger partial charge in [-0.15, -0.1) is 0 Å². The van der Waals surface area contributed by atoms with Gasteiger partial charge in [0.25, 0.3) is 17.4 Å². The molecule has 3 N–H and O–H groups in total. The number of ether oxygens (including phenoxy) is 5. The van der Waals surface area contributed by atoms with Gasteiger partial charge in [0.05, 0.1) is 35.9 Å². The number of cyclic esters (lactones) is 1. The van der Waals surface area contributed by atoms with E-state index in [1.165, 1.54) is 19.2 Å². The van der Waals surface area contributed by atoms with Gasteiger partial charge in [-0.2, -0.15) is 0 Å². The van der Waals surface area contributed by atoms with Crippen LogP contribution in [0.4, 0.5) is 5.69 Å². The second kappa shape index (κ2) is 27.9. The number of rotatable bonds is 9. The molecule has 1 aromatic carbocycles. The maximum Gasteiger partial charge on any atom is 0.329 e. The number of nitrogens with zero attached hydrogens (tertiary/aromatic N) is 2. The number of carbonyl (C=O) groups is 5. The number of aliphatic hydroxyl groups excluding tert-OH is 2. The average Bonchev–Trinajstić information content (AvgIpc) is 3.37. The van der Waals surface area contributed by atoms with E-state index in [-0.39, 0.29) is 73.5 Å². The number of allylic oxidation sites excluding steroid dienone is 6. The molecule has 1 aliphatic carbocycles. The van der Waals surface area contributed by atoms with Gasteiger partial charge < -0.3 is 43.9 Å². The molecule has 74 heavy (non-hydrogen) atoms. The number of esters is 1. The molecule has 3 fully saturated rings. The minimum absolute atomic E-state index is 0.00451. The fourth-order valence-electron chi connectivity index (χ4n) is 11.0. The van der Waals surface area contributed by atoms with E-state index in [2.05, 4.69) is 0 Å². The SMILES string of the molecule is CO[C@@H]1C[C@H](C[C@@H](C)[C@@H]2CC(=O)[C@H](C)/C=C(\C)[C@@H](O)[C@@H](OC)C(=O)[C@H](C)C[C@H](C)/C=C/C=C/C=C(\C)[C@H](OCc3cccc([N+](=O)[O-])c3)C[C@@H]3CC[C@@H](C)[C@@](O)(O3)C(=O)C(=O)N3CCCC[C@H]3C(=O)O2)CC[C@H]1O. The van der Waals surface area contributed by atoms with Crippen LogP contribution in [0.15, 0.2) is 71.9 Å². The van der Waals surface area contributed by atoms with Crippen LogP contribution in [0.2, 0.25) is 0 Å². The molecular weight excluding hydrogens is 953 g/mol. The first-order valence-corrected chi connectivity index (χ1v) is 26.6. The van der Waals surface area contributed by atoms with Crippen LogP contribution >= 0.6 is 0 Å². The van der Waals surface area contributed by atoms with Gasteiger partial charge in [-0.3, -0.25) is 29.3 Å². The Morgan fingerprint density at radius 2 is 1.65 bits per heavy atom. The predicted octanol–water partition coefficient (Wildman–Crippen LogP) is 7.66. The van der Waals surface area contributed by atoms with E-state index in [4.69, 9.17) is 23.7 Å². The monoisotopic (exact) mass is 1030 g/mol. The third-order valence-electron chi connectivity index (χ3n) is 15.8. The lowest BCUT2D eigenvalue weighted by atomic mass is 9.78. The number of non-ortho nitro benzene ring substituents is 1. The third-order valence-corrected chi connectivity index (χ3v) is 15.8. The molecule has 4 aliphatic rings. The number of aliphatic hydroxyl groups is 3. The maximum absolute atomic E-state index is 14.5. The fourth-order valence-corrected chi connectivity index (χ4v) is 11.0. The fraction of sp³-hybridized carbons (Fsp3) is 0.667. The summed E-state index contributed by atoms with van der Waals surface area (Å²) in [5.74, 6) is -8.63. The largest absolute Gasteiger partial charge is 0.460 e. The van der Waals surface area contributed by atoms with E-state index in [0.717, 1.165) is 10.5 Å². The highest BCUT2D eigenvalue weighted by Crippen LogP contribution is 2.38. The molecule has 17 heteroatoms. The summed E-state index contributed by atoms with van der Waals surface area (Å²) in [6, 6.07) is 4.90. The van der Waals surface area contributed by atoms with Gasteiger partial charge in [0, 0.05) is 63.5 Å². The molecule has 2 bridgehead atoms. The van der Waals surface area contributed by atoms with Gasteiger partial charge in [0.15, 0.2) is 5.78 Å². The van der Waals surface area contributed by atoms with E-state index in [0.29, 0.717) is 68.9 Å². The molecular formula is C57H82N2O15. The second-order valence-electron chi connectivity index (χ2n) is 21.6. The lowest BCUT2D eigenvalue weighted by molar-refractivity contribution is -0.385. The molecule has 0 unspecified atom stereocenters. The number of benzene rings is 1. The quantitative estimate of drug-likeness (QED) is 0.0708. The van der Waals surface area contributed by atoms with Crippen molar-refractivity contribution in [3.05, 3.63) is 87.5 Å². The van der Waals surface area contributed by atoms with Crippen molar-refractivity contribution in [2.24, 2.45) is 35.5 Å². The van der Waals surface area contributed by atoms with Crippen molar-refractivity contribution in [2.45, 2.75) is 187 Å². The smallest absolute Gasteiger partial charge is 0.329 e. The highest BCUT2D eigenvalue weighted by Gasteiger charge is 2.53. The Hall–Kier alpha value is -4.75. The van der Waals surface area contributed by atoms with E-state index in [9.17, 15) is 49.4 Å². The molecule has 15 atom stereocenters. The van der Waals surface area contributed by atoms with Crippen molar-refractivity contribution in [3.8, 4) is 0 Å². The average molecular weight is 1040 g/mol. The minimum Gasteiger partial charge on any atom is -0.460 e. The van der Waals surface area contributed by atoms with E-state index < -0.39 is 88.8 Å². The van der Waals surface area contributed by atoms with Crippen LogP contribution in [0, 0.1) is 45.6 Å². The number of nitro groups is 1. The molecule has 410 valence electrons. The van der Waals surface area contributed by atoms with Crippen molar-refractivity contribution >= 4 is 34.9 Å². The van der Waals surface area contributed by atoms with Crippen LogP contribution in [0.5, 0.6) is 0 Å². The number of hydrogen-bond acceptors (Lipinski definition) is 15. The zero-order valence-electron chi connectivity index (χ0n) is 44.9. The highest BCUT2D eigenvalue weighted by atomic mass is 16.6. The molecule has 3 aliphatic heterocycles. The number of piperidine rings is 1. The van der Waals surface area contributed by atoms with E-state index >= 15 is 0 Å². The van der Waals surface area contributed by atoms with Gasteiger partial charge in [-0.25, -0.2) is 4.79 Å². The summed E-state index contributed by atoms with van der Waals surface area (Å²) in [7, 11) is 2.91. The van der Waals surface area contributed by atoms with E-state index in [1.54, 1.807) is 53.0 Å². The molecule has 3 heterocycles. The van der Waals surface area contributed by atoms with Gasteiger partial charge in [-0.1, -0.05) is 83.2 Å². The Morgan fingerprint density at radius 3 is 2.35 bits per heavy atom. The summed E-state index contributed by atoms with van der Waals surface area (Å²) in [6.07, 6.45) is 9.61. The summed E-state index contributed by atoms with van der Waals surface area (Å²) in [6.45, 7) is 12.5. The molecule has 5 rings (SSSR count). The lowest BCUT2D eigenvalue weighted by Gasteiger charge is -2.43. The first-order chi connectivity index (χ1) is 35.1. The first-order valence-electron chi connectivity index (χ1n) is 26.6. The van der Waals surface area contributed by atoms with Crippen LogP contribution in [0.25, 0.3) is 0 Å². The Balaban J connectivity index is 1.50. The van der Waals surface area contributed by atoms with Crippen molar-refractivity contribution in [1.29, 1.82) is 0 Å². The molecule has 1 amide bonds. The summed E-state index contributed by atoms with van der Waals surface area (Å²) < 4.78 is 30.1. The number of amides is 1. The number of nitro benzene ring substituents is 1. The zero-order valence-corrected chi connectivity index (χ0v) is 44.9. The minimum atomic E-state index is -2.55. The molecule has 17 nitrogen and oxygen atoms in total. The molecule has 0 spiro atoms. The zero-order chi connectivity index (χ0) is 54.4. The molecule has 0 radical (unpaired) electrons. The van der Waals surface area contributed by atoms with Gasteiger partial charge in [-0.05, 0) is 113 Å². The van der Waals surface area contributed by atoms with Gasteiger partial charge in [0.2, 0.25) is 5.79 Å². The third kappa shape index (κ3) is 15.9. The Morgan fingerprint density at radius 1 is 0.905 bits per heavy atom. The number of hydrogen-bond donors (Lipinski definition) is 3. The molecule has 0 aromatic heterocycles. The first kappa shape index (κ1) is 60.1. The topological polar surface area (TPSA) is 239 Å². The Labute approximate surface area is 436 Å². The summed E-state index contributed by atoms with van der Waals surface area (Å²) in [5, 5.41) is 45.8. The van der Waals surface area contributed by atoms with Crippen LogP contribution in [0.3, 0.4) is 0 Å². The number of carbonyl (C=O) groups excluding carboxylic acids is 5. The number of methoxy groups -OCH3 is 2. The number of fused-ring (bicyclic) bond motifs is 3. The molecule has 1 saturated carbocycles. The van der Waals surface area contributed by atoms with Crippen LogP contribution in [0.1, 0.15) is 131 Å². The second-order valence-corrected chi connectivity index (χ2v) is 21.6. The summed E-state index contributed by atoms with van der Waals surface area (Å²) >= 11 is 0. The number of Topliss-reactive ketones (excluding diaryl/α,β-unsaturated/α-hetero) is 3. The molecule has 2 saturated heterocycles. The van der Waals surface area contributed by atoms with Crippen molar-refractivity contribution in [1.82, 2.24) is 4.90 Å². The Bertz CT molecular complexity index is 2240. The van der Waals surface area contributed by atoms with E-state index in [1.807, 2.05) is 51.2 Å².